The smallest absolute Gasteiger partial charge is 0.343 e. The van der Waals surface area contributed by atoms with Gasteiger partial charge in [-0.15, -0.1) is 0 Å². The van der Waals surface area contributed by atoms with Crippen LogP contribution in [0.2, 0.25) is 5.02 Å². The maximum absolute atomic E-state index is 12.3. The Kier molecular flexibility index (Phi) is 6.58. The number of phenols is 1. The lowest BCUT2D eigenvalue weighted by Gasteiger charge is -2.06. The lowest BCUT2D eigenvalue weighted by molar-refractivity contribution is -0.384. The summed E-state index contributed by atoms with van der Waals surface area (Å²) in [4.78, 5) is 34.6. The van der Waals surface area contributed by atoms with Crippen molar-refractivity contribution in [1.29, 1.82) is 0 Å². The minimum Gasteiger partial charge on any atom is -0.507 e. The molecule has 9 nitrogen and oxygen atoms in total. The van der Waals surface area contributed by atoms with Crippen LogP contribution in [0.4, 0.5) is 5.69 Å². The minimum absolute atomic E-state index is 0.0369. The molecule has 0 aliphatic carbocycles. The van der Waals surface area contributed by atoms with Crippen molar-refractivity contribution in [2.75, 3.05) is 0 Å². The van der Waals surface area contributed by atoms with Gasteiger partial charge in [0.05, 0.1) is 22.3 Å². The predicted octanol–water partition coefficient (Wildman–Crippen LogP) is 3.94. The summed E-state index contributed by atoms with van der Waals surface area (Å²) in [5, 5.41) is 24.4. The number of nitrogens with zero attached hydrogens (tertiary/aromatic N) is 2. The van der Waals surface area contributed by atoms with Gasteiger partial charge in [0.25, 0.3) is 11.6 Å². The third-order valence-electron chi connectivity index (χ3n) is 3.98. The van der Waals surface area contributed by atoms with Gasteiger partial charge in [0.15, 0.2) is 0 Å². The number of para-hydroxylation sites is 1. The number of hydrogen-bond acceptors (Lipinski definition) is 7. The van der Waals surface area contributed by atoms with Crippen LogP contribution >= 0.6 is 11.6 Å². The summed E-state index contributed by atoms with van der Waals surface area (Å²) in [6.07, 6.45) is 1.32. The Bertz CT molecular complexity index is 1200. The van der Waals surface area contributed by atoms with Gasteiger partial charge in [0.1, 0.15) is 16.5 Å². The van der Waals surface area contributed by atoms with E-state index in [-0.39, 0.29) is 27.6 Å². The van der Waals surface area contributed by atoms with Crippen molar-refractivity contribution in [1.82, 2.24) is 5.43 Å². The monoisotopic (exact) mass is 439 g/mol. The highest BCUT2D eigenvalue weighted by Gasteiger charge is 2.17. The lowest BCUT2D eigenvalue weighted by Crippen LogP contribution is -2.17. The molecule has 2 N–H and O–H groups in total. The molecule has 31 heavy (non-hydrogen) atoms. The normalized spacial score (nSPS) is 10.6. The number of ether oxygens (including phenoxy) is 1. The number of aromatic hydroxyl groups is 1. The van der Waals surface area contributed by atoms with Crippen molar-refractivity contribution >= 4 is 35.4 Å². The third-order valence-corrected chi connectivity index (χ3v) is 4.30. The fourth-order valence-corrected chi connectivity index (χ4v) is 2.68. The van der Waals surface area contributed by atoms with Crippen molar-refractivity contribution < 1.29 is 24.4 Å². The Balaban J connectivity index is 1.68. The van der Waals surface area contributed by atoms with Gasteiger partial charge in [0.2, 0.25) is 0 Å². The zero-order valence-electron chi connectivity index (χ0n) is 15.7. The Labute approximate surface area is 180 Å². The van der Waals surface area contributed by atoms with E-state index in [4.69, 9.17) is 16.3 Å². The van der Waals surface area contributed by atoms with Crippen LogP contribution < -0.4 is 10.2 Å². The molecule has 0 heterocycles. The van der Waals surface area contributed by atoms with Gasteiger partial charge >= 0.3 is 5.97 Å². The number of esters is 1. The Morgan fingerprint density at radius 2 is 1.87 bits per heavy atom. The number of nitro benzene ring substituents is 1. The topological polar surface area (TPSA) is 131 Å². The SMILES string of the molecule is O=C(Oc1cccc(C=NNC(=O)c2ccccc2O)c1)c1ccc(Cl)c([N+](=O)[O-])c1. The first-order chi connectivity index (χ1) is 14.8. The molecule has 0 aliphatic heterocycles. The van der Waals surface area contributed by atoms with Crippen LogP contribution in [0.1, 0.15) is 26.3 Å². The summed E-state index contributed by atoms with van der Waals surface area (Å²) in [6.45, 7) is 0. The number of carbonyl (C=O) groups is 2. The fraction of sp³-hybridized carbons (Fsp3) is 0. The highest BCUT2D eigenvalue weighted by Crippen LogP contribution is 2.26. The summed E-state index contributed by atoms with van der Waals surface area (Å²) in [6, 6.07) is 15.9. The highest BCUT2D eigenvalue weighted by molar-refractivity contribution is 6.32. The van der Waals surface area contributed by atoms with E-state index in [1.807, 2.05) is 0 Å². The summed E-state index contributed by atoms with van der Waals surface area (Å²) in [7, 11) is 0. The Morgan fingerprint density at radius 1 is 1.10 bits per heavy atom. The molecular weight excluding hydrogens is 426 g/mol. The predicted molar refractivity (Wildman–Crippen MR) is 113 cm³/mol. The molecule has 0 bridgehead atoms. The largest absolute Gasteiger partial charge is 0.507 e. The molecule has 3 rings (SSSR count). The number of amides is 1. The molecule has 0 fully saturated rings. The van der Waals surface area contributed by atoms with Gasteiger partial charge in [0, 0.05) is 6.07 Å². The van der Waals surface area contributed by atoms with Gasteiger partial charge in [-0.05, 0) is 42.0 Å². The molecule has 0 radical (unpaired) electrons. The summed E-state index contributed by atoms with van der Waals surface area (Å²) >= 11 is 5.74. The molecule has 0 aromatic heterocycles. The molecule has 0 aliphatic rings. The number of phenolic OH excluding ortho intramolecular Hbond substituents is 1. The summed E-state index contributed by atoms with van der Waals surface area (Å²) in [5.41, 5.74) is 2.41. The van der Waals surface area contributed by atoms with Crippen molar-refractivity contribution in [2.24, 2.45) is 5.10 Å². The van der Waals surface area contributed by atoms with E-state index >= 15 is 0 Å². The standard InChI is InChI=1S/C21H14ClN3O6/c22-17-9-8-14(11-18(17)25(29)30)21(28)31-15-5-3-4-13(10-15)12-23-24-20(27)16-6-1-2-7-19(16)26/h1-12,26H,(H,24,27). The zero-order chi connectivity index (χ0) is 22.4. The maximum atomic E-state index is 12.3. The second-order valence-electron chi connectivity index (χ2n) is 6.10. The highest BCUT2D eigenvalue weighted by atomic mass is 35.5. The van der Waals surface area contributed by atoms with Crippen molar-refractivity contribution in [3.05, 3.63) is 98.6 Å². The van der Waals surface area contributed by atoms with Gasteiger partial charge in [-0.25, -0.2) is 10.2 Å². The van der Waals surface area contributed by atoms with Crippen LogP contribution in [0.3, 0.4) is 0 Å². The van der Waals surface area contributed by atoms with Gasteiger partial charge < -0.3 is 9.84 Å². The first-order valence-corrected chi connectivity index (χ1v) is 9.10. The number of carbonyl (C=O) groups excluding carboxylic acids is 2. The van der Waals surface area contributed by atoms with Crippen LogP contribution in [0.25, 0.3) is 0 Å². The molecule has 0 saturated heterocycles. The van der Waals surface area contributed by atoms with E-state index in [9.17, 15) is 24.8 Å². The van der Waals surface area contributed by atoms with Crippen LogP contribution in [0.15, 0.2) is 71.8 Å². The van der Waals surface area contributed by atoms with Crippen LogP contribution in [-0.2, 0) is 0 Å². The summed E-state index contributed by atoms with van der Waals surface area (Å²) in [5.74, 6) is -1.41. The van der Waals surface area contributed by atoms with E-state index in [0.717, 1.165) is 6.07 Å². The van der Waals surface area contributed by atoms with E-state index in [2.05, 4.69) is 10.5 Å². The third kappa shape index (κ3) is 5.43. The zero-order valence-corrected chi connectivity index (χ0v) is 16.4. The summed E-state index contributed by atoms with van der Waals surface area (Å²) < 4.78 is 5.24. The fourth-order valence-electron chi connectivity index (χ4n) is 2.50. The number of halogens is 1. The van der Waals surface area contributed by atoms with Crippen LogP contribution in [-0.4, -0.2) is 28.1 Å². The van der Waals surface area contributed by atoms with Crippen LogP contribution in [0.5, 0.6) is 11.5 Å². The number of benzene rings is 3. The molecule has 3 aromatic carbocycles. The molecule has 0 unspecified atom stereocenters. The van der Waals surface area contributed by atoms with E-state index in [1.54, 1.807) is 24.3 Å². The second kappa shape index (κ2) is 9.51. The Hall–Kier alpha value is -4.24. The number of hydrogen-bond donors (Lipinski definition) is 2. The maximum Gasteiger partial charge on any atom is 0.343 e. The number of rotatable bonds is 6. The van der Waals surface area contributed by atoms with E-state index < -0.39 is 22.5 Å². The quantitative estimate of drug-likeness (QED) is 0.196. The van der Waals surface area contributed by atoms with Crippen molar-refractivity contribution in [2.45, 2.75) is 0 Å². The molecule has 10 heteroatoms. The van der Waals surface area contributed by atoms with Gasteiger partial charge in [-0.3, -0.25) is 14.9 Å². The van der Waals surface area contributed by atoms with Crippen LogP contribution in [0, 0.1) is 10.1 Å². The molecule has 3 aromatic rings. The van der Waals surface area contributed by atoms with Crippen molar-refractivity contribution in [3.63, 3.8) is 0 Å². The Morgan fingerprint density at radius 3 is 2.61 bits per heavy atom. The van der Waals surface area contributed by atoms with Gasteiger partial charge in [-0.2, -0.15) is 5.10 Å². The first kappa shape index (κ1) is 21.5. The number of nitro groups is 1. The number of nitrogens with one attached hydrogen (secondary N) is 1. The molecule has 0 spiro atoms. The first-order valence-electron chi connectivity index (χ1n) is 8.73. The molecule has 156 valence electrons. The molecular formula is C21H14ClN3O6. The van der Waals surface area contributed by atoms with E-state index in [1.165, 1.54) is 42.6 Å². The molecule has 0 saturated carbocycles. The molecule has 0 atom stereocenters. The average molecular weight is 440 g/mol. The van der Waals surface area contributed by atoms with Gasteiger partial charge in [-0.1, -0.05) is 35.9 Å². The van der Waals surface area contributed by atoms with Crippen molar-refractivity contribution in [3.8, 4) is 11.5 Å². The second-order valence-corrected chi connectivity index (χ2v) is 6.51. The molecule has 1 amide bonds. The van der Waals surface area contributed by atoms with E-state index in [0.29, 0.717) is 5.56 Å². The number of hydrazone groups is 1. The lowest BCUT2D eigenvalue weighted by atomic mass is 10.2. The average Bonchev–Trinajstić information content (AvgIpc) is 2.74. The minimum atomic E-state index is -0.804.